The maximum Gasteiger partial charge on any atom is 0.274 e. The summed E-state index contributed by atoms with van der Waals surface area (Å²) in [4.78, 5) is 72.5. The second-order valence-corrected chi connectivity index (χ2v) is 11.1. The first-order valence-corrected chi connectivity index (χ1v) is 15.2. The summed E-state index contributed by atoms with van der Waals surface area (Å²) in [6.07, 6.45) is 3.30. The molecule has 2 aromatic carbocycles. The number of carbonyl (C=O) groups excluding carboxylic acids is 5. The van der Waals surface area contributed by atoms with Gasteiger partial charge >= 0.3 is 0 Å². The lowest BCUT2D eigenvalue weighted by atomic mass is 10.0. The van der Waals surface area contributed by atoms with Crippen molar-refractivity contribution in [3.05, 3.63) is 119 Å². The molecule has 1 aliphatic rings. The van der Waals surface area contributed by atoms with Gasteiger partial charge in [-0.2, -0.15) is 0 Å². The molecule has 0 radical (unpaired) electrons. The molecule has 4 aromatic rings. The van der Waals surface area contributed by atoms with Crippen LogP contribution in [0.3, 0.4) is 0 Å². The fraction of sp³-hybridized carbons (Fsp3) is 0.265. The second kappa shape index (κ2) is 15.4. The first kappa shape index (κ1) is 32.5. The highest BCUT2D eigenvalue weighted by molar-refractivity contribution is 5.98. The Hall–Kier alpha value is -5.85. The molecule has 2 aromatic heterocycles. The molecule has 3 atom stereocenters. The zero-order chi connectivity index (χ0) is 33.2. The average Bonchev–Trinajstić information content (AvgIpc) is 3.56. The highest BCUT2D eigenvalue weighted by Crippen LogP contribution is 2.13. The van der Waals surface area contributed by atoms with Gasteiger partial charge in [0.25, 0.3) is 11.8 Å². The largest absolute Gasteiger partial charge is 0.359 e. The van der Waals surface area contributed by atoms with E-state index in [0.29, 0.717) is 5.56 Å². The van der Waals surface area contributed by atoms with E-state index >= 15 is 0 Å². The van der Waals surface area contributed by atoms with Crippen LogP contribution in [0.1, 0.15) is 44.7 Å². The van der Waals surface area contributed by atoms with Gasteiger partial charge in [-0.15, -0.1) is 0 Å². The van der Waals surface area contributed by atoms with Crippen LogP contribution in [0.15, 0.2) is 95.8 Å². The Balaban J connectivity index is 1.45. The Kier molecular flexibility index (Phi) is 10.7. The standard InChI is InChI=1S/C34H35N7O6/c1-22-30(42)38-28(19-24-10-6-3-7-11-24)32(44)39-27(18-23-8-4-2-5-9-23)31(43)36-16-17-41(34(46)25-12-14-35-15-13-25)21-26-20-29(40-47-26)33(45)37-22/h2-15,20,22,27-28H,16-19,21H2,1H3,(H,36,43)(H,37,45)(H,38,42)(H,39,44)/t22-,27+,28-/m0/s1. The van der Waals surface area contributed by atoms with Crippen LogP contribution >= 0.6 is 0 Å². The number of hydrogen-bond acceptors (Lipinski definition) is 8. The lowest BCUT2D eigenvalue weighted by Gasteiger charge is -2.26. The zero-order valence-electron chi connectivity index (χ0n) is 25.7. The maximum atomic E-state index is 13.8. The van der Waals surface area contributed by atoms with E-state index in [0.717, 1.165) is 11.1 Å². The number of aromatic nitrogens is 2. The number of rotatable bonds is 5. The van der Waals surface area contributed by atoms with Crippen molar-refractivity contribution in [2.45, 2.75) is 44.4 Å². The van der Waals surface area contributed by atoms with Crippen LogP contribution in [0.4, 0.5) is 0 Å². The lowest BCUT2D eigenvalue weighted by molar-refractivity contribution is -0.132. The van der Waals surface area contributed by atoms with Crippen molar-refractivity contribution in [3.63, 3.8) is 0 Å². The number of carbonyl (C=O) groups is 5. The van der Waals surface area contributed by atoms with Crippen LogP contribution in [0.2, 0.25) is 0 Å². The van der Waals surface area contributed by atoms with Gasteiger partial charge < -0.3 is 30.7 Å². The number of nitrogens with zero attached hydrogens (tertiary/aromatic N) is 3. The van der Waals surface area contributed by atoms with Crippen molar-refractivity contribution in [3.8, 4) is 0 Å². The molecular weight excluding hydrogens is 602 g/mol. The Morgan fingerprint density at radius 2 is 1.40 bits per heavy atom. The highest BCUT2D eigenvalue weighted by atomic mass is 16.5. The van der Waals surface area contributed by atoms with Crippen molar-refractivity contribution < 1.29 is 28.5 Å². The molecule has 2 bridgehead atoms. The summed E-state index contributed by atoms with van der Waals surface area (Å²) in [6, 6.07) is 19.7. The van der Waals surface area contributed by atoms with E-state index in [4.69, 9.17) is 4.52 Å². The van der Waals surface area contributed by atoms with E-state index in [2.05, 4.69) is 31.4 Å². The summed E-state index contributed by atoms with van der Waals surface area (Å²) in [5, 5.41) is 14.8. The van der Waals surface area contributed by atoms with Crippen molar-refractivity contribution in [2.75, 3.05) is 13.1 Å². The molecule has 4 N–H and O–H groups in total. The molecule has 47 heavy (non-hydrogen) atoms. The molecular formula is C34H35N7O6. The molecule has 13 heteroatoms. The highest BCUT2D eigenvalue weighted by Gasteiger charge is 2.30. The monoisotopic (exact) mass is 637 g/mol. The third-order valence-electron chi connectivity index (χ3n) is 7.61. The normalized spacial score (nSPS) is 19.8. The van der Waals surface area contributed by atoms with E-state index < -0.39 is 41.8 Å². The van der Waals surface area contributed by atoms with Crippen molar-refractivity contribution >= 4 is 29.5 Å². The van der Waals surface area contributed by atoms with Crippen LogP contribution in [0.25, 0.3) is 0 Å². The number of hydrogen-bond donors (Lipinski definition) is 4. The van der Waals surface area contributed by atoms with Crippen LogP contribution in [-0.2, 0) is 33.8 Å². The number of amides is 5. The third kappa shape index (κ3) is 8.87. The van der Waals surface area contributed by atoms with E-state index in [9.17, 15) is 24.0 Å². The predicted molar refractivity (Wildman–Crippen MR) is 170 cm³/mol. The van der Waals surface area contributed by atoms with Gasteiger partial charge in [-0.3, -0.25) is 29.0 Å². The minimum absolute atomic E-state index is 0.0417. The van der Waals surface area contributed by atoms with Crippen LogP contribution in [-0.4, -0.2) is 75.8 Å². The second-order valence-electron chi connectivity index (χ2n) is 11.1. The Morgan fingerprint density at radius 3 is 2.04 bits per heavy atom. The fourth-order valence-corrected chi connectivity index (χ4v) is 5.07. The first-order chi connectivity index (χ1) is 22.8. The summed E-state index contributed by atoms with van der Waals surface area (Å²) in [5.41, 5.74) is 1.87. The summed E-state index contributed by atoms with van der Waals surface area (Å²) in [5.74, 6) is -2.46. The van der Waals surface area contributed by atoms with Crippen molar-refractivity contribution in [1.82, 2.24) is 36.3 Å². The molecule has 0 fully saturated rings. The summed E-state index contributed by atoms with van der Waals surface area (Å²) < 4.78 is 5.37. The minimum Gasteiger partial charge on any atom is -0.359 e. The van der Waals surface area contributed by atoms with Crippen molar-refractivity contribution in [1.29, 1.82) is 0 Å². The number of nitrogens with one attached hydrogen (secondary N) is 4. The first-order valence-electron chi connectivity index (χ1n) is 15.2. The van der Waals surface area contributed by atoms with Gasteiger partial charge in [-0.05, 0) is 30.2 Å². The van der Waals surface area contributed by atoms with Gasteiger partial charge in [-0.1, -0.05) is 65.8 Å². The molecule has 1 aliphatic heterocycles. The number of benzene rings is 2. The molecule has 0 unspecified atom stereocenters. The topological polar surface area (TPSA) is 176 Å². The maximum absolute atomic E-state index is 13.8. The quantitative estimate of drug-likeness (QED) is 0.254. The fourth-order valence-electron chi connectivity index (χ4n) is 5.07. The van der Waals surface area contributed by atoms with Crippen LogP contribution < -0.4 is 21.3 Å². The van der Waals surface area contributed by atoms with Gasteiger partial charge in [-0.25, -0.2) is 0 Å². The molecule has 0 saturated carbocycles. The molecule has 5 rings (SSSR count). The third-order valence-corrected chi connectivity index (χ3v) is 7.61. The van der Waals surface area contributed by atoms with Gasteiger partial charge in [0.1, 0.15) is 18.1 Å². The molecule has 13 nitrogen and oxygen atoms in total. The van der Waals surface area contributed by atoms with E-state index in [1.807, 2.05) is 60.7 Å². The minimum atomic E-state index is -1.07. The predicted octanol–water partition coefficient (Wildman–Crippen LogP) is 1.42. The van der Waals surface area contributed by atoms with E-state index in [1.165, 1.54) is 30.3 Å². The Labute approximate surface area is 271 Å². The summed E-state index contributed by atoms with van der Waals surface area (Å²) in [7, 11) is 0. The molecule has 0 aliphatic carbocycles. The molecule has 242 valence electrons. The van der Waals surface area contributed by atoms with E-state index in [-0.39, 0.29) is 49.8 Å². The average molecular weight is 638 g/mol. The lowest BCUT2D eigenvalue weighted by Crippen LogP contribution is -2.57. The van der Waals surface area contributed by atoms with Crippen LogP contribution in [0.5, 0.6) is 0 Å². The number of pyridine rings is 1. The van der Waals surface area contributed by atoms with Crippen LogP contribution in [0, 0.1) is 0 Å². The zero-order valence-corrected chi connectivity index (χ0v) is 25.7. The molecule has 0 spiro atoms. The number of fused-ring (bicyclic) bond motifs is 2. The molecule has 5 amide bonds. The summed E-state index contributed by atoms with van der Waals surface area (Å²) >= 11 is 0. The smallest absolute Gasteiger partial charge is 0.274 e. The van der Waals surface area contributed by atoms with Gasteiger partial charge in [0.15, 0.2) is 11.5 Å². The van der Waals surface area contributed by atoms with Gasteiger partial charge in [0.05, 0.1) is 6.54 Å². The molecule has 3 heterocycles. The van der Waals surface area contributed by atoms with Crippen molar-refractivity contribution in [2.24, 2.45) is 0 Å². The molecule has 0 saturated heterocycles. The summed E-state index contributed by atoms with van der Waals surface area (Å²) in [6.45, 7) is 1.54. The SMILES string of the molecule is C[C@@H]1NC(=O)c2cc(on2)CN(C(=O)c2ccncc2)CCNC(=O)[C@@H](Cc2ccccc2)NC(=O)[C@H](Cc2ccccc2)NC1=O. The van der Waals surface area contributed by atoms with E-state index in [1.54, 1.807) is 12.1 Å². The Bertz CT molecular complexity index is 1700. The van der Waals surface area contributed by atoms with Gasteiger partial charge in [0, 0.05) is 50.0 Å². The Morgan fingerprint density at radius 1 is 0.809 bits per heavy atom. The van der Waals surface area contributed by atoms with Gasteiger partial charge in [0.2, 0.25) is 17.7 Å².